The quantitative estimate of drug-likeness (QED) is 0.287. The monoisotopic (exact) mass is 631 g/mol. The molecule has 2 aliphatic heterocycles. The zero-order chi connectivity index (χ0) is 31.8. The number of para-hydroxylation sites is 2. The first-order chi connectivity index (χ1) is 22.4. The number of rotatable bonds is 7. The molecule has 0 bridgehead atoms. The van der Waals surface area contributed by atoms with E-state index in [0.29, 0.717) is 32.0 Å². The number of aromatic nitrogens is 2. The molecule has 2 aliphatic rings. The van der Waals surface area contributed by atoms with Crippen LogP contribution in [0.4, 0.5) is 5.69 Å². The highest BCUT2D eigenvalue weighted by molar-refractivity contribution is 7.07. The lowest BCUT2D eigenvalue weighted by Crippen LogP contribution is -2.40. The van der Waals surface area contributed by atoms with Gasteiger partial charge < -0.3 is 19.5 Å². The largest absolute Gasteiger partial charge is 0.497 e. The summed E-state index contributed by atoms with van der Waals surface area (Å²) in [6.07, 6.45) is 5.89. The van der Waals surface area contributed by atoms with Gasteiger partial charge in [-0.05, 0) is 61.7 Å². The van der Waals surface area contributed by atoms with E-state index >= 15 is 0 Å². The number of amides is 2. The molecule has 7 rings (SSSR count). The van der Waals surface area contributed by atoms with E-state index in [4.69, 9.17) is 9.73 Å². The van der Waals surface area contributed by atoms with E-state index in [0.717, 1.165) is 48.0 Å². The molecule has 1 N–H and O–H groups in total. The summed E-state index contributed by atoms with van der Waals surface area (Å²) < 4.78 is 9.57. The topological polar surface area (TPSA) is 97.9 Å². The van der Waals surface area contributed by atoms with Crippen molar-refractivity contribution >= 4 is 45.8 Å². The first-order valence-electron chi connectivity index (χ1n) is 15.3. The van der Waals surface area contributed by atoms with Crippen LogP contribution >= 0.6 is 11.3 Å². The molecule has 1 atom stereocenters. The summed E-state index contributed by atoms with van der Waals surface area (Å²) in [4.78, 5) is 48.4. The average Bonchev–Trinajstić information content (AvgIpc) is 3.80. The second-order valence-electron chi connectivity index (χ2n) is 11.5. The molecule has 0 unspecified atom stereocenters. The number of hydrogen-bond acceptors (Lipinski definition) is 6. The number of nitrogens with zero attached hydrogens (tertiary/aromatic N) is 4. The maximum absolute atomic E-state index is 14.3. The number of likely N-dealkylation sites (tertiary alicyclic amines) is 1. The first kappa shape index (κ1) is 29.5. The molecule has 2 amide bonds. The van der Waals surface area contributed by atoms with Crippen LogP contribution in [-0.4, -0.2) is 46.0 Å². The minimum atomic E-state index is -0.725. The van der Waals surface area contributed by atoms with E-state index in [2.05, 4.69) is 5.32 Å². The number of fused-ring (bicyclic) bond motifs is 2. The second kappa shape index (κ2) is 12.3. The molecular weight excluding hydrogens is 598 g/mol. The third kappa shape index (κ3) is 5.45. The maximum Gasteiger partial charge on any atom is 0.271 e. The lowest BCUT2D eigenvalue weighted by Gasteiger charge is -2.25. The molecule has 0 spiro atoms. The Kier molecular flexibility index (Phi) is 7.88. The number of allylic oxidation sites excluding steroid dienone is 1. The molecule has 2 aromatic heterocycles. The number of thiazole rings is 1. The highest BCUT2D eigenvalue weighted by atomic mass is 32.1. The Balaban J connectivity index is 1.34. The molecule has 4 heterocycles. The van der Waals surface area contributed by atoms with Gasteiger partial charge in [0.1, 0.15) is 12.3 Å². The van der Waals surface area contributed by atoms with Gasteiger partial charge in [-0.15, -0.1) is 0 Å². The lowest BCUT2D eigenvalue weighted by atomic mass is 9.95. The Morgan fingerprint density at radius 2 is 1.78 bits per heavy atom. The number of hydrogen-bond donors (Lipinski definition) is 1. The fraction of sp³-hybridized carbons (Fsp3) is 0.222. The Labute approximate surface area is 269 Å². The van der Waals surface area contributed by atoms with Gasteiger partial charge in [0.2, 0.25) is 5.91 Å². The van der Waals surface area contributed by atoms with Crippen LogP contribution in [0.3, 0.4) is 0 Å². The van der Waals surface area contributed by atoms with Crippen molar-refractivity contribution in [1.29, 1.82) is 0 Å². The maximum atomic E-state index is 14.3. The molecule has 9 nitrogen and oxygen atoms in total. The van der Waals surface area contributed by atoms with Gasteiger partial charge in [-0.1, -0.05) is 59.9 Å². The van der Waals surface area contributed by atoms with E-state index in [9.17, 15) is 14.4 Å². The Hall–Kier alpha value is -5.22. The second-order valence-corrected chi connectivity index (χ2v) is 12.5. The molecule has 46 heavy (non-hydrogen) atoms. The molecular formula is C36H33N5O4S. The van der Waals surface area contributed by atoms with Gasteiger partial charge in [0.15, 0.2) is 4.80 Å². The third-order valence-corrected chi connectivity index (χ3v) is 9.56. The molecule has 0 aliphatic carbocycles. The van der Waals surface area contributed by atoms with Crippen LogP contribution < -0.4 is 24.9 Å². The van der Waals surface area contributed by atoms with Crippen LogP contribution in [0.5, 0.6) is 5.75 Å². The molecule has 10 heteroatoms. The smallest absolute Gasteiger partial charge is 0.271 e. The van der Waals surface area contributed by atoms with Crippen molar-refractivity contribution in [3.05, 3.63) is 127 Å². The number of anilines is 1. The summed E-state index contributed by atoms with van der Waals surface area (Å²) in [6, 6.07) is 23.8. The molecule has 3 aromatic carbocycles. The van der Waals surface area contributed by atoms with Gasteiger partial charge in [-0.2, -0.15) is 0 Å². The molecule has 0 saturated carbocycles. The van der Waals surface area contributed by atoms with Gasteiger partial charge in [-0.3, -0.25) is 19.0 Å². The Bertz CT molecular complexity index is 2190. The third-order valence-electron chi connectivity index (χ3n) is 8.58. The summed E-state index contributed by atoms with van der Waals surface area (Å²) in [6.45, 7) is 3.64. The molecule has 5 aromatic rings. The minimum Gasteiger partial charge on any atom is -0.497 e. The number of ether oxygens (including phenoxy) is 1. The van der Waals surface area contributed by atoms with E-state index in [-0.39, 0.29) is 23.9 Å². The molecule has 1 saturated heterocycles. The first-order valence-corrected chi connectivity index (χ1v) is 16.1. The van der Waals surface area contributed by atoms with Crippen molar-refractivity contribution in [3.8, 4) is 5.75 Å². The standard InChI is InChI=1S/C36H33N5O4S/c1-23-32(34(43)38-26-12-4-3-5-13-26)33(24-11-10-14-27(19-24)45-2)41-35(44)30(46-36(41)37-23)20-25-21-40(29-16-7-6-15-28(25)29)22-31(42)39-17-8-9-18-39/h3-7,10-16,19-21,33H,8-9,17-18,22H2,1-2H3,(H,38,43)/b30-20+/t33-/m1/s1. The highest BCUT2D eigenvalue weighted by Gasteiger charge is 2.33. The predicted octanol–water partition coefficient (Wildman–Crippen LogP) is 4.46. The summed E-state index contributed by atoms with van der Waals surface area (Å²) in [5.41, 5.74) is 3.81. The van der Waals surface area contributed by atoms with Gasteiger partial charge in [-0.25, -0.2) is 4.99 Å². The zero-order valence-corrected chi connectivity index (χ0v) is 26.4. The summed E-state index contributed by atoms with van der Waals surface area (Å²) in [5, 5.41) is 3.93. The van der Waals surface area contributed by atoms with Gasteiger partial charge in [0.25, 0.3) is 11.5 Å². The van der Waals surface area contributed by atoms with Crippen molar-refractivity contribution in [2.24, 2.45) is 4.99 Å². The average molecular weight is 632 g/mol. The molecule has 232 valence electrons. The van der Waals surface area contributed by atoms with Crippen molar-refractivity contribution in [2.75, 3.05) is 25.5 Å². The van der Waals surface area contributed by atoms with E-state index < -0.39 is 6.04 Å². The fourth-order valence-electron chi connectivity index (χ4n) is 6.33. The van der Waals surface area contributed by atoms with Crippen molar-refractivity contribution < 1.29 is 14.3 Å². The minimum absolute atomic E-state index is 0.0965. The summed E-state index contributed by atoms with van der Waals surface area (Å²) >= 11 is 1.29. The number of methoxy groups -OCH3 is 1. The SMILES string of the molecule is COc1cccc([C@@H]2C(C(=O)Nc3ccccc3)=C(C)N=c3s/c(=C/c4cn(CC(=O)N5CCCC5)c5ccccc45)c(=O)n32)c1. The van der Waals surface area contributed by atoms with Gasteiger partial charge >= 0.3 is 0 Å². The van der Waals surface area contributed by atoms with E-state index in [1.54, 1.807) is 18.6 Å². The fourth-order valence-corrected chi connectivity index (χ4v) is 7.37. The number of carbonyl (C=O) groups is 2. The molecule has 1 fully saturated rings. The van der Waals surface area contributed by atoms with Crippen LogP contribution in [0.25, 0.3) is 17.0 Å². The summed E-state index contributed by atoms with van der Waals surface area (Å²) in [7, 11) is 1.59. The number of carbonyl (C=O) groups excluding carboxylic acids is 2. The molecule has 0 radical (unpaired) electrons. The highest BCUT2D eigenvalue weighted by Crippen LogP contribution is 2.32. The van der Waals surface area contributed by atoms with Gasteiger partial charge in [0.05, 0.1) is 29.0 Å². The van der Waals surface area contributed by atoms with Crippen molar-refractivity contribution in [3.63, 3.8) is 0 Å². The number of benzene rings is 3. The normalized spacial score (nSPS) is 16.4. The van der Waals surface area contributed by atoms with Gasteiger partial charge in [0, 0.05) is 41.4 Å². The van der Waals surface area contributed by atoms with Crippen LogP contribution in [-0.2, 0) is 16.1 Å². The predicted molar refractivity (Wildman–Crippen MR) is 180 cm³/mol. The van der Waals surface area contributed by atoms with Crippen molar-refractivity contribution in [2.45, 2.75) is 32.4 Å². The van der Waals surface area contributed by atoms with Crippen LogP contribution in [0.1, 0.15) is 36.9 Å². The van der Waals surface area contributed by atoms with Crippen molar-refractivity contribution in [1.82, 2.24) is 14.0 Å². The van der Waals surface area contributed by atoms with E-state index in [1.807, 2.05) is 101 Å². The van der Waals surface area contributed by atoms with Crippen LogP contribution in [0, 0.1) is 0 Å². The Morgan fingerprint density at radius 3 is 2.57 bits per heavy atom. The Morgan fingerprint density at radius 1 is 1.02 bits per heavy atom. The van der Waals surface area contributed by atoms with Crippen LogP contribution in [0.15, 0.2) is 106 Å². The number of nitrogens with one attached hydrogen (secondary N) is 1. The lowest BCUT2D eigenvalue weighted by molar-refractivity contribution is -0.130. The zero-order valence-electron chi connectivity index (χ0n) is 25.6. The van der Waals surface area contributed by atoms with Crippen LogP contribution in [0.2, 0.25) is 0 Å². The summed E-state index contributed by atoms with van der Waals surface area (Å²) in [5.74, 6) is 0.382. The van der Waals surface area contributed by atoms with E-state index in [1.165, 1.54) is 11.3 Å².